The van der Waals surface area contributed by atoms with E-state index in [2.05, 4.69) is 23.3 Å². The minimum atomic E-state index is 0.631. The molecule has 0 unspecified atom stereocenters. The lowest BCUT2D eigenvalue weighted by atomic mass is 10.2. The van der Waals surface area contributed by atoms with Gasteiger partial charge >= 0.3 is 0 Å². The van der Waals surface area contributed by atoms with Gasteiger partial charge in [-0.1, -0.05) is 19.1 Å². The molecule has 1 heterocycles. The molecular formula is C16H23N3O2. The molecule has 0 aliphatic heterocycles. The molecule has 5 heteroatoms. The predicted molar refractivity (Wildman–Crippen MR) is 83.6 cm³/mol. The van der Waals surface area contributed by atoms with Crippen LogP contribution in [0.5, 0.6) is 5.75 Å². The number of aromatic nitrogens is 1. The third kappa shape index (κ3) is 4.49. The van der Waals surface area contributed by atoms with Gasteiger partial charge in [0.15, 0.2) is 0 Å². The molecule has 1 N–H and O–H groups in total. The fraction of sp³-hybridized carbons (Fsp3) is 0.438. The Morgan fingerprint density at radius 2 is 2.24 bits per heavy atom. The van der Waals surface area contributed by atoms with Gasteiger partial charge in [0.25, 0.3) is 6.01 Å². The molecule has 2 aromatic rings. The average molecular weight is 289 g/mol. The van der Waals surface area contributed by atoms with Gasteiger partial charge in [0.2, 0.25) is 0 Å². The van der Waals surface area contributed by atoms with Crippen molar-refractivity contribution in [2.45, 2.75) is 26.4 Å². The summed E-state index contributed by atoms with van der Waals surface area (Å²) in [5, 5.41) is 3.31. The second-order valence-electron chi connectivity index (χ2n) is 5.01. The average Bonchev–Trinajstić information content (AvgIpc) is 2.97. The highest BCUT2D eigenvalue weighted by Crippen LogP contribution is 2.18. The van der Waals surface area contributed by atoms with Gasteiger partial charge in [0, 0.05) is 20.1 Å². The third-order valence-corrected chi connectivity index (χ3v) is 3.15. The quantitative estimate of drug-likeness (QED) is 0.757. The minimum absolute atomic E-state index is 0.631. The van der Waals surface area contributed by atoms with E-state index in [-0.39, 0.29) is 0 Å². The van der Waals surface area contributed by atoms with Crippen molar-refractivity contribution in [3.05, 3.63) is 41.8 Å². The van der Waals surface area contributed by atoms with E-state index in [0.29, 0.717) is 6.01 Å². The molecule has 0 spiro atoms. The first-order chi connectivity index (χ1) is 10.2. The molecule has 2 rings (SSSR count). The highest BCUT2D eigenvalue weighted by Gasteiger charge is 2.09. The summed E-state index contributed by atoms with van der Waals surface area (Å²) < 4.78 is 10.8. The highest BCUT2D eigenvalue weighted by molar-refractivity contribution is 5.33. The largest absolute Gasteiger partial charge is 0.497 e. The van der Waals surface area contributed by atoms with Crippen LogP contribution in [0, 0.1) is 0 Å². The first-order valence-corrected chi connectivity index (χ1v) is 7.22. The first-order valence-electron chi connectivity index (χ1n) is 7.22. The lowest BCUT2D eigenvalue weighted by Gasteiger charge is -2.14. The smallest absolute Gasteiger partial charge is 0.297 e. The van der Waals surface area contributed by atoms with E-state index in [1.165, 1.54) is 0 Å². The van der Waals surface area contributed by atoms with Crippen LogP contribution < -0.4 is 15.0 Å². The Kier molecular flexibility index (Phi) is 5.63. The minimum Gasteiger partial charge on any atom is -0.497 e. The summed E-state index contributed by atoms with van der Waals surface area (Å²) >= 11 is 0. The molecule has 0 radical (unpaired) electrons. The number of hydrogen-bond donors (Lipinski definition) is 1. The fourth-order valence-electron chi connectivity index (χ4n) is 2.06. The predicted octanol–water partition coefficient (Wildman–Crippen LogP) is 2.82. The number of nitrogens with one attached hydrogen (secondary N) is 1. The molecule has 0 fully saturated rings. The Bertz CT molecular complexity index is 554. The first kappa shape index (κ1) is 15.4. The zero-order chi connectivity index (χ0) is 15.1. The number of hydrogen-bond acceptors (Lipinski definition) is 5. The second-order valence-corrected chi connectivity index (χ2v) is 5.01. The molecular weight excluding hydrogens is 266 g/mol. The summed E-state index contributed by atoms with van der Waals surface area (Å²) in [7, 11) is 3.64. The van der Waals surface area contributed by atoms with Gasteiger partial charge in [0.05, 0.1) is 12.8 Å². The number of methoxy groups -OCH3 is 1. The highest BCUT2D eigenvalue weighted by atomic mass is 16.5. The summed E-state index contributed by atoms with van der Waals surface area (Å²) in [6, 6.07) is 8.63. The summed E-state index contributed by atoms with van der Waals surface area (Å²) in [6.45, 7) is 4.59. The topological polar surface area (TPSA) is 50.5 Å². The number of ether oxygens (including phenoxy) is 1. The molecule has 5 nitrogen and oxygen atoms in total. The van der Waals surface area contributed by atoms with Crippen LogP contribution in [0.15, 0.2) is 34.9 Å². The van der Waals surface area contributed by atoms with Crippen LogP contribution in [0.25, 0.3) is 0 Å². The van der Waals surface area contributed by atoms with Crippen molar-refractivity contribution in [1.29, 1.82) is 0 Å². The van der Waals surface area contributed by atoms with E-state index >= 15 is 0 Å². The molecule has 0 bridgehead atoms. The summed E-state index contributed by atoms with van der Waals surface area (Å²) in [5.41, 5.74) is 2.08. The molecule has 21 heavy (non-hydrogen) atoms. The van der Waals surface area contributed by atoms with E-state index in [4.69, 9.17) is 9.15 Å². The molecule has 0 aliphatic carbocycles. The number of anilines is 1. The zero-order valence-electron chi connectivity index (χ0n) is 12.9. The van der Waals surface area contributed by atoms with Gasteiger partial charge in [-0.3, -0.25) is 0 Å². The van der Waals surface area contributed by atoms with E-state index in [1.54, 1.807) is 13.4 Å². The molecule has 1 aromatic carbocycles. The Hall–Kier alpha value is -2.01. The van der Waals surface area contributed by atoms with Crippen LogP contribution >= 0.6 is 0 Å². The van der Waals surface area contributed by atoms with Crippen molar-refractivity contribution in [1.82, 2.24) is 10.3 Å². The molecule has 0 saturated heterocycles. The molecule has 114 valence electrons. The number of rotatable bonds is 8. The summed E-state index contributed by atoms with van der Waals surface area (Å²) in [4.78, 5) is 6.47. The number of benzene rings is 1. The van der Waals surface area contributed by atoms with Gasteiger partial charge < -0.3 is 19.4 Å². The zero-order valence-corrected chi connectivity index (χ0v) is 12.9. The van der Waals surface area contributed by atoms with Gasteiger partial charge in [0.1, 0.15) is 12.0 Å². The molecule has 0 aliphatic rings. The van der Waals surface area contributed by atoms with E-state index < -0.39 is 0 Å². The van der Waals surface area contributed by atoms with Gasteiger partial charge in [-0.2, -0.15) is 4.98 Å². The monoisotopic (exact) mass is 289 g/mol. The van der Waals surface area contributed by atoms with Crippen molar-refractivity contribution >= 4 is 6.01 Å². The number of nitrogens with zero attached hydrogens (tertiary/aromatic N) is 2. The lowest BCUT2D eigenvalue weighted by molar-refractivity contribution is 0.414. The van der Waals surface area contributed by atoms with E-state index in [0.717, 1.165) is 43.1 Å². The van der Waals surface area contributed by atoms with Crippen LogP contribution in [-0.4, -0.2) is 25.7 Å². The van der Waals surface area contributed by atoms with Crippen LogP contribution in [0.4, 0.5) is 6.01 Å². The van der Waals surface area contributed by atoms with Crippen molar-refractivity contribution in [3.8, 4) is 5.75 Å². The van der Waals surface area contributed by atoms with Crippen LogP contribution in [0.2, 0.25) is 0 Å². The van der Waals surface area contributed by atoms with Crippen molar-refractivity contribution < 1.29 is 9.15 Å². The maximum atomic E-state index is 5.53. The fourth-order valence-corrected chi connectivity index (χ4v) is 2.06. The number of oxazole rings is 1. The summed E-state index contributed by atoms with van der Waals surface area (Å²) in [5.74, 6) is 0.859. The maximum absolute atomic E-state index is 5.53. The standard InChI is InChI=1S/C16H23N3O2/c1-4-8-17-10-14-12-21-16(18-14)19(2)11-13-6-5-7-15(9-13)20-3/h5-7,9,12,17H,4,8,10-11H2,1-3H3. The van der Waals surface area contributed by atoms with Crippen LogP contribution in [0.3, 0.4) is 0 Å². The summed E-state index contributed by atoms with van der Waals surface area (Å²) in [6.07, 6.45) is 2.82. The normalized spacial score (nSPS) is 10.6. The molecule has 0 amide bonds. The Morgan fingerprint density at radius 3 is 3.00 bits per heavy atom. The maximum Gasteiger partial charge on any atom is 0.297 e. The Labute approximate surface area is 125 Å². The third-order valence-electron chi connectivity index (χ3n) is 3.15. The van der Waals surface area contributed by atoms with E-state index in [9.17, 15) is 0 Å². The molecule has 0 atom stereocenters. The Balaban J connectivity index is 1.94. The van der Waals surface area contributed by atoms with Gasteiger partial charge in [-0.05, 0) is 30.7 Å². The van der Waals surface area contributed by atoms with Gasteiger partial charge in [-0.25, -0.2) is 0 Å². The van der Waals surface area contributed by atoms with E-state index in [1.807, 2.05) is 30.1 Å². The van der Waals surface area contributed by atoms with Gasteiger partial charge in [-0.15, -0.1) is 0 Å². The molecule has 1 aromatic heterocycles. The van der Waals surface area contributed by atoms with Crippen molar-refractivity contribution in [2.24, 2.45) is 0 Å². The van der Waals surface area contributed by atoms with Crippen LogP contribution in [0.1, 0.15) is 24.6 Å². The lowest BCUT2D eigenvalue weighted by Crippen LogP contribution is -2.17. The SMILES string of the molecule is CCCNCc1coc(N(C)Cc2cccc(OC)c2)n1. The van der Waals surface area contributed by atoms with Crippen molar-refractivity contribution in [2.75, 3.05) is 25.6 Å². The van der Waals surface area contributed by atoms with Crippen molar-refractivity contribution in [3.63, 3.8) is 0 Å². The molecule has 0 saturated carbocycles. The Morgan fingerprint density at radius 1 is 1.38 bits per heavy atom. The second kappa shape index (κ2) is 7.69. The van der Waals surface area contributed by atoms with Crippen LogP contribution in [-0.2, 0) is 13.1 Å².